The van der Waals surface area contributed by atoms with E-state index in [1.165, 1.54) is 75.3 Å². The van der Waals surface area contributed by atoms with E-state index in [-0.39, 0.29) is 27.4 Å². The molecule has 4 N–H and O–H groups in total. The van der Waals surface area contributed by atoms with Crippen molar-refractivity contribution in [3.05, 3.63) is 82.9 Å². The number of aromatic carboxylic acids is 1. The number of nitrogens with two attached hydrogens (primary N) is 1. The smallest absolute Gasteiger partial charge is 0.335 e. The molecule has 8 aliphatic rings. The van der Waals surface area contributed by atoms with Gasteiger partial charge in [-0.2, -0.15) is 0 Å². The van der Waals surface area contributed by atoms with Crippen LogP contribution in [0.1, 0.15) is 117 Å². The summed E-state index contributed by atoms with van der Waals surface area (Å²) in [6, 6.07) is 20.4. The van der Waals surface area contributed by atoms with Crippen LogP contribution in [0, 0.1) is 34.5 Å². The summed E-state index contributed by atoms with van der Waals surface area (Å²) in [4.78, 5) is 11.6. The third kappa shape index (κ3) is 4.29. The standard InChI is InChI=1S/C41H47NO4/c1-38-18-39(2)20-40(19-38,29-5-3-26(4-6-29)37(44)45)23-41(21-38,22-39)30-7-9-31(10-8-30)46-33-12-11-32(42)36(43)35(33)34-27-14-24-13-25(16-27)17-28(34)15-24/h3-12,24-25,27-28,34,43H,13-23,42H2,1-2H3,(H,44,45). The van der Waals surface area contributed by atoms with E-state index in [0.29, 0.717) is 29.0 Å². The predicted octanol–water partition coefficient (Wildman–Crippen LogP) is 9.57. The van der Waals surface area contributed by atoms with Crippen LogP contribution in [0.3, 0.4) is 0 Å². The lowest BCUT2D eigenvalue weighted by Crippen LogP contribution is -2.62. The van der Waals surface area contributed by atoms with E-state index in [1.54, 1.807) is 18.2 Å². The van der Waals surface area contributed by atoms with Crippen molar-refractivity contribution in [1.82, 2.24) is 0 Å². The van der Waals surface area contributed by atoms with Crippen LogP contribution < -0.4 is 10.5 Å². The summed E-state index contributed by atoms with van der Waals surface area (Å²) in [5.41, 5.74) is 11.4. The zero-order chi connectivity index (χ0) is 31.6. The summed E-state index contributed by atoms with van der Waals surface area (Å²) in [6.45, 7) is 4.99. The molecule has 2 atom stereocenters. The summed E-state index contributed by atoms with van der Waals surface area (Å²) in [5.74, 6) is 4.18. The summed E-state index contributed by atoms with van der Waals surface area (Å²) in [7, 11) is 0. The van der Waals surface area contributed by atoms with Crippen molar-refractivity contribution < 1.29 is 19.7 Å². The van der Waals surface area contributed by atoms with Crippen molar-refractivity contribution in [3.8, 4) is 17.2 Å². The van der Waals surface area contributed by atoms with Crippen LogP contribution in [0.4, 0.5) is 5.69 Å². The van der Waals surface area contributed by atoms with Crippen LogP contribution in [0.15, 0.2) is 60.7 Å². The van der Waals surface area contributed by atoms with Crippen LogP contribution in [0.2, 0.25) is 0 Å². The summed E-state index contributed by atoms with van der Waals surface area (Å²) < 4.78 is 6.67. The maximum absolute atomic E-state index is 11.6. The van der Waals surface area contributed by atoms with E-state index in [0.717, 1.165) is 35.3 Å². The van der Waals surface area contributed by atoms with E-state index in [1.807, 2.05) is 6.07 Å². The number of aromatic hydroxyl groups is 1. The monoisotopic (exact) mass is 617 g/mol. The molecular formula is C41H47NO4. The maximum atomic E-state index is 11.6. The molecule has 3 aromatic rings. The highest BCUT2D eigenvalue weighted by molar-refractivity contribution is 5.87. The van der Waals surface area contributed by atoms with Crippen LogP contribution in [0.25, 0.3) is 0 Å². The number of anilines is 1. The fourth-order valence-electron chi connectivity index (χ4n) is 13.7. The van der Waals surface area contributed by atoms with Crippen LogP contribution in [-0.4, -0.2) is 16.2 Å². The Hall–Kier alpha value is -3.47. The number of hydrogen-bond acceptors (Lipinski definition) is 4. The lowest BCUT2D eigenvalue weighted by molar-refractivity contribution is -0.126. The lowest BCUT2D eigenvalue weighted by atomic mass is 9.34. The highest BCUT2D eigenvalue weighted by atomic mass is 16.5. The third-order valence-corrected chi connectivity index (χ3v) is 13.8. The number of ether oxygens (including phenoxy) is 1. The van der Waals surface area contributed by atoms with Crippen molar-refractivity contribution in [2.75, 3.05) is 5.73 Å². The molecule has 0 aromatic heterocycles. The molecule has 240 valence electrons. The highest BCUT2D eigenvalue weighted by Gasteiger charge is 2.66. The number of phenolic OH excluding ortho intramolecular Hbond substituents is 1. The van der Waals surface area contributed by atoms with E-state index < -0.39 is 5.97 Å². The Morgan fingerprint density at radius 3 is 1.76 bits per heavy atom. The van der Waals surface area contributed by atoms with Gasteiger partial charge in [0.2, 0.25) is 0 Å². The molecule has 8 bridgehead atoms. The molecule has 0 radical (unpaired) electrons. The van der Waals surface area contributed by atoms with Gasteiger partial charge in [-0.15, -0.1) is 0 Å². The Morgan fingerprint density at radius 2 is 1.24 bits per heavy atom. The summed E-state index contributed by atoms with van der Waals surface area (Å²) in [5, 5.41) is 20.9. The van der Waals surface area contributed by atoms with E-state index in [2.05, 4.69) is 50.2 Å². The van der Waals surface area contributed by atoms with Crippen molar-refractivity contribution in [3.63, 3.8) is 0 Å². The number of carboxylic acids is 1. The average molecular weight is 618 g/mol. The molecule has 0 aliphatic heterocycles. The lowest BCUT2D eigenvalue weighted by Gasteiger charge is -2.70. The molecule has 5 nitrogen and oxygen atoms in total. The fourth-order valence-corrected chi connectivity index (χ4v) is 13.7. The topological polar surface area (TPSA) is 92.8 Å². The molecule has 2 unspecified atom stereocenters. The zero-order valence-corrected chi connectivity index (χ0v) is 27.2. The fraction of sp³-hybridized carbons (Fsp3) is 0.537. The van der Waals surface area contributed by atoms with Gasteiger partial charge in [-0.3, -0.25) is 0 Å². The van der Waals surface area contributed by atoms with Crippen molar-refractivity contribution in [2.24, 2.45) is 34.5 Å². The first-order valence-electron chi connectivity index (χ1n) is 17.7. The molecule has 0 amide bonds. The Morgan fingerprint density at radius 1 is 0.717 bits per heavy atom. The van der Waals surface area contributed by atoms with Gasteiger partial charge in [0.15, 0.2) is 0 Å². The van der Waals surface area contributed by atoms with Gasteiger partial charge >= 0.3 is 5.97 Å². The molecule has 3 aromatic carbocycles. The average Bonchev–Trinajstić information content (AvgIpc) is 2.98. The first-order valence-corrected chi connectivity index (χ1v) is 17.7. The van der Waals surface area contributed by atoms with Gasteiger partial charge in [0.1, 0.15) is 17.2 Å². The van der Waals surface area contributed by atoms with Gasteiger partial charge in [-0.05, 0) is 169 Å². The molecule has 0 spiro atoms. The van der Waals surface area contributed by atoms with Gasteiger partial charge in [0.05, 0.1) is 11.3 Å². The Kier molecular flexibility index (Phi) is 5.96. The normalized spacial score (nSPS) is 39.9. The molecular weight excluding hydrogens is 570 g/mol. The number of nitrogen functional groups attached to an aromatic ring is 1. The van der Waals surface area contributed by atoms with Crippen LogP contribution >= 0.6 is 0 Å². The second-order valence-corrected chi connectivity index (χ2v) is 17.6. The molecule has 0 saturated heterocycles. The second kappa shape index (κ2) is 9.55. The molecule has 11 rings (SSSR count). The van der Waals surface area contributed by atoms with Crippen molar-refractivity contribution in [1.29, 1.82) is 0 Å². The Balaban J connectivity index is 1.03. The Labute approximate surface area is 272 Å². The number of phenols is 1. The maximum Gasteiger partial charge on any atom is 0.335 e. The van der Waals surface area contributed by atoms with Gasteiger partial charge in [0, 0.05) is 5.56 Å². The van der Waals surface area contributed by atoms with Gasteiger partial charge in [-0.1, -0.05) is 38.1 Å². The zero-order valence-electron chi connectivity index (χ0n) is 27.2. The van der Waals surface area contributed by atoms with E-state index in [4.69, 9.17) is 10.5 Å². The molecule has 5 heteroatoms. The number of carbonyl (C=O) groups is 1. The minimum atomic E-state index is -0.867. The quantitative estimate of drug-likeness (QED) is 0.189. The number of carboxylic acid groups (broad SMARTS) is 1. The number of rotatable bonds is 6. The largest absolute Gasteiger partial charge is 0.505 e. The van der Waals surface area contributed by atoms with Gasteiger partial charge < -0.3 is 20.7 Å². The SMILES string of the molecule is CC12CC3(C)CC(c4ccc(Oc5ccc(N)c(O)c5C5C6CC7CC(C6)CC5C7)cc4)(C1)CC(c1ccc(C(=O)O)cc1)(C2)C3. The molecule has 8 saturated carbocycles. The van der Waals surface area contributed by atoms with E-state index >= 15 is 0 Å². The molecule has 8 fully saturated rings. The predicted molar refractivity (Wildman–Crippen MR) is 179 cm³/mol. The van der Waals surface area contributed by atoms with Crippen molar-refractivity contribution >= 4 is 11.7 Å². The van der Waals surface area contributed by atoms with Crippen LogP contribution in [-0.2, 0) is 10.8 Å². The van der Waals surface area contributed by atoms with Crippen LogP contribution in [0.5, 0.6) is 17.2 Å². The summed E-state index contributed by atoms with van der Waals surface area (Å²) >= 11 is 0. The molecule has 8 aliphatic carbocycles. The van der Waals surface area contributed by atoms with Gasteiger partial charge in [0.25, 0.3) is 0 Å². The summed E-state index contributed by atoms with van der Waals surface area (Å²) in [6.07, 6.45) is 13.5. The van der Waals surface area contributed by atoms with Crippen molar-refractivity contribution in [2.45, 2.75) is 101 Å². The number of hydrogen-bond donors (Lipinski definition) is 3. The third-order valence-electron chi connectivity index (χ3n) is 13.8. The highest BCUT2D eigenvalue weighted by Crippen LogP contribution is 2.74. The minimum absolute atomic E-state index is 0.0551. The van der Waals surface area contributed by atoms with E-state index in [9.17, 15) is 15.0 Å². The van der Waals surface area contributed by atoms with Gasteiger partial charge in [-0.25, -0.2) is 4.79 Å². The number of benzene rings is 3. The first kappa shape index (κ1) is 28.7. The Bertz CT molecular complexity index is 1680. The molecule has 0 heterocycles. The first-order chi connectivity index (χ1) is 21.9. The minimum Gasteiger partial charge on any atom is -0.505 e. The molecule has 46 heavy (non-hydrogen) atoms. The second-order valence-electron chi connectivity index (χ2n) is 17.6.